The maximum atomic E-state index is 5.98. The number of rotatable bonds is 6. The number of nitrogens with one attached hydrogen (secondary N) is 1. The minimum atomic E-state index is 0.450. The predicted molar refractivity (Wildman–Crippen MR) is 102 cm³/mol. The highest BCUT2D eigenvalue weighted by Gasteiger charge is 2.23. The van der Waals surface area contributed by atoms with Gasteiger partial charge in [-0.25, -0.2) is 4.98 Å². The monoisotopic (exact) mass is 372 g/mol. The molecule has 0 radical (unpaired) electrons. The Morgan fingerprint density at radius 1 is 1.31 bits per heavy atom. The molecule has 136 valence electrons. The molecule has 3 aromatic rings. The smallest absolute Gasteiger partial charge is 0.254 e. The molecule has 1 aliphatic rings. The van der Waals surface area contributed by atoms with Gasteiger partial charge in [0.15, 0.2) is 0 Å². The fraction of sp³-hybridized carbons (Fsp3) is 0.389. The molecule has 1 aromatic carbocycles. The van der Waals surface area contributed by atoms with E-state index in [1.54, 1.807) is 11.6 Å². The van der Waals surface area contributed by atoms with Gasteiger partial charge in [0.25, 0.3) is 5.78 Å². The molecule has 4 rings (SSSR count). The standard InChI is InChI=1S/C18H21ClN6O/c1-26-11-15-8-17(25-18(23-15)21-12-22-25)20-9-13-6-7-24(10-13)16-4-2-14(19)3-5-16/h2-5,8,12-13,20H,6-7,9-11H2,1H3. The van der Waals surface area contributed by atoms with Crippen molar-refractivity contribution in [1.29, 1.82) is 0 Å². The lowest BCUT2D eigenvalue weighted by atomic mass is 10.1. The first-order chi connectivity index (χ1) is 12.7. The third kappa shape index (κ3) is 3.59. The number of halogens is 1. The second kappa shape index (κ2) is 7.47. The maximum absolute atomic E-state index is 5.98. The van der Waals surface area contributed by atoms with E-state index in [9.17, 15) is 0 Å². The summed E-state index contributed by atoms with van der Waals surface area (Å²) in [5, 5.41) is 8.54. The molecule has 8 heteroatoms. The van der Waals surface area contributed by atoms with Gasteiger partial charge >= 0.3 is 0 Å². The van der Waals surface area contributed by atoms with Crippen molar-refractivity contribution in [2.75, 3.05) is 37.0 Å². The van der Waals surface area contributed by atoms with Crippen molar-refractivity contribution in [3.05, 3.63) is 47.4 Å². The van der Waals surface area contributed by atoms with E-state index in [0.717, 1.165) is 42.6 Å². The molecular formula is C18H21ClN6O. The SMILES string of the molecule is COCc1cc(NCC2CCN(c3ccc(Cl)cc3)C2)n2ncnc2n1. The fourth-order valence-electron chi connectivity index (χ4n) is 3.34. The number of nitrogens with zero attached hydrogens (tertiary/aromatic N) is 5. The van der Waals surface area contributed by atoms with Crippen molar-refractivity contribution in [3.63, 3.8) is 0 Å². The zero-order chi connectivity index (χ0) is 17.9. The molecule has 1 unspecified atom stereocenters. The van der Waals surface area contributed by atoms with Crippen LogP contribution in [0.2, 0.25) is 5.02 Å². The largest absolute Gasteiger partial charge is 0.378 e. The Balaban J connectivity index is 1.42. The molecule has 1 fully saturated rings. The highest BCUT2D eigenvalue weighted by atomic mass is 35.5. The van der Waals surface area contributed by atoms with Crippen LogP contribution in [0.1, 0.15) is 12.1 Å². The lowest BCUT2D eigenvalue weighted by molar-refractivity contribution is 0.181. The van der Waals surface area contributed by atoms with Gasteiger partial charge in [0, 0.05) is 43.5 Å². The number of hydrogen-bond acceptors (Lipinski definition) is 6. The first kappa shape index (κ1) is 17.1. The number of ether oxygens (including phenoxy) is 1. The van der Waals surface area contributed by atoms with Crippen molar-refractivity contribution >= 4 is 28.9 Å². The molecule has 1 saturated heterocycles. The second-order valence-electron chi connectivity index (χ2n) is 6.50. The van der Waals surface area contributed by atoms with E-state index in [2.05, 4.69) is 37.4 Å². The summed E-state index contributed by atoms with van der Waals surface area (Å²) in [7, 11) is 1.66. The van der Waals surface area contributed by atoms with Crippen LogP contribution in [0.25, 0.3) is 5.78 Å². The number of hydrogen-bond donors (Lipinski definition) is 1. The minimum absolute atomic E-state index is 0.450. The summed E-state index contributed by atoms with van der Waals surface area (Å²) in [6.07, 6.45) is 2.66. The van der Waals surface area contributed by atoms with Gasteiger partial charge < -0.3 is 15.0 Å². The van der Waals surface area contributed by atoms with E-state index in [0.29, 0.717) is 18.3 Å². The Morgan fingerprint density at radius 2 is 2.15 bits per heavy atom. The Labute approximate surface area is 157 Å². The Bertz CT molecular complexity index is 881. The van der Waals surface area contributed by atoms with Crippen LogP contribution < -0.4 is 10.2 Å². The summed E-state index contributed by atoms with van der Waals surface area (Å²) < 4.78 is 6.92. The van der Waals surface area contributed by atoms with Crippen LogP contribution in [0, 0.1) is 5.92 Å². The quantitative estimate of drug-likeness (QED) is 0.717. The molecule has 1 atom stereocenters. The molecular weight excluding hydrogens is 352 g/mol. The minimum Gasteiger partial charge on any atom is -0.378 e. The van der Waals surface area contributed by atoms with E-state index in [1.165, 1.54) is 12.0 Å². The zero-order valence-corrected chi connectivity index (χ0v) is 15.4. The average Bonchev–Trinajstić information content (AvgIpc) is 3.30. The van der Waals surface area contributed by atoms with Crippen LogP contribution in [-0.2, 0) is 11.3 Å². The molecule has 2 aromatic heterocycles. The second-order valence-corrected chi connectivity index (χ2v) is 6.93. The van der Waals surface area contributed by atoms with Crippen LogP contribution in [-0.4, -0.2) is 46.3 Å². The number of anilines is 2. The van der Waals surface area contributed by atoms with Gasteiger partial charge in [0.1, 0.15) is 12.1 Å². The van der Waals surface area contributed by atoms with E-state index < -0.39 is 0 Å². The van der Waals surface area contributed by atoms with Crippen molar-refractivity contribution in [2.24, 2.45) is 5.92 Å². The zero-order valence-electron chi connectivity index (χ0n) is 14.6. The highest BCUT2D eigenvalue weighted by Crippen LogP contribution is 2.25. The summed E-state index contributed by atoms with van der Waals surface area (Å²) in [6, 6.07) is 10.0. The van der Waals surface area contributed by atoms with Gasteiger partial charge in [-0.05, 0) is 36.6 Å². The van der Waals surface area contributed by atoms with Gasteiger partial charge in [-0.2, -0.15) is 14.6 Å². The maximum Gasteiger partial charge on any atom is 0.254 e. The van der Waals surface area contributed by atoms with E-state index in [1.807, 2.05) is 18.2 Å². The summed E-state index contributed by atoms with van der Waals surface area (Å²) in [4.78, 5) is 11.0. The Hall–Kier alpha value is -2.38. The lowest BCUT2D eigenvalue weighted by Crippen LogP contribution is -2.23. The molecule has 0 saturated carbocycles. The summed E-state index contributed by atoms with van der Waals surface area (Å²) >= 11 is 5.98. The van der Waals surface area contributed by atoms with Gasteiger partial charge in [-0.3, -0.25) is 0 Å². The topological polar surface area (TPSA) is 67.6 Å². The number of methoxy groups -OCH3 is 1. The predicted octanol–water partition coefficient (Wildman–Crippen LogP) is 2.86. The van der Waals surface area contributed by atoms with Crippen LogP contribution in [0.3, 0.4) is 0 Å². The Kier molecular flexibility index (Phi) is 4.90. The summed E-state index contributed by atoms with van der Waals surface area (Å²) in [5.74, 6) is 2.03. The van der Waals surface area contributed by atoms with Gasteiger partial charge in [-0.1, -0.05) is 11.6 Å². The van der Waals surface area contributed by atoms with E-state index in [-0.39, 0.29) is 0 Å². The average molecular weight is 373 g/mol. The van der Waals surface area contributed by atoms with Crippen molar-refractivity contribution in [2.45, 2.75) is 13.0 Å². The highest BCUT2D eigenvalue weighted by molar-refractivity contribution is 6.30. The van der Waals surface area contributed by atoms with Crippen LogP contribution >= 0.6 is 11.6 Å². The van der Waals surface area contributed by atoms with Crippen LogP contribution in [0.4, 0.5) is 11.5 Å². The third-order valence-corrected chi connectivity index (χ3v) is 4.90. The van der Waals surface area contributed by atoms with Crippen LogP contribution in [0.15, 0.2) is 36.7 Å². The molecule has 7 nitrogen and oxygen atoms in total. The number of aromatic nitrogens is 4. The summed E-state index contributed by atoms with van der Waals surface area (Å²) in [6.45, 7) is 3.39. The van der Waals surface area contributed by atoms with Gasteiger partial charge in [0.2, 0.25) is 0 Å². The van der Waals surface area contributed by atoms with Crippen molar-refractivity contribution in [1.82, 2.24) is 19.6 Å². The third-order valence-electron chi connectivity index (χ3n) is 4.65. The van der Waals surface area contributed by atoms with Crippen LogP contribution in [0.5, 0.6) is 0 Å². The molecule has 1 N–H and O–H groups in total. The summed E-state index contributed by atoms with van der Waals surface area (Å²) in [5.41, 5.74) is 2.06. The fourth-order valence-corrected chi connectivity index (χ4v) is 3.47. The van der Waals surface area contributed by atoms with Crippen molar-refractivity contribution in [3.8, 4) is 0 Å². The lowest BCUT2D eigenvalue weighted by Gasteiger charge is -2.19. The number of fused-ring (bicyclic) bond motifs is 1. The van der Waals surface area contributed by atoms with Gasteiger partial charge in [0.05, 0.1) is 12.3 Å². The van der Waals surface area contributed by atoms with Crippen molar-refractivity contribution < 1.29 is 4.74 Å². The van der Waals surface area contributed by atoms with Gasteiger partial charge in [-0.15, -0.1) is 0 Å². The molecule has 0 aliphatic carbocycles. The first-order valence-electron chi connectivity index (χ1n) is 8.66. The molecule has 0 bridgehead atoms. The van der Waals surface area contributed by atoms with E-state index >= 15 is 0 Å². The molecule has 3 heterocycles. The van der Waals surface area contributed by atoms with E-state index in [4.69, 9.17) is 16.3 Å². The normalized spacial score (nSPS) is 17.2. The molecule has 1 aliphatic heterocycles. The molecule has 0 spiro atoms. The number of benzene rings is 1. The first-order valence-corrected chi connectivity index (χ1v) is 9.03. The molecule has 0 amide bonds. The Morgan fingerprint density at radius 3 is 2.96 bits per heavy atom. The molecule has 26 heavy (non-hydrogen) atoms.